The number of thiol groups is 1. The van der Waals surface area contributed by atoms with Gasteiger partial charge in [-0.1, -0.05) is 20.3 Å². The van der Waals surface area contributed by atoms with Gasteiger partial charge in [-0.15, -0.1) is 0 Å². The van der Waals surface area contributed by atoms with Crippen LogP contribution in [0, 0.1) is 5.92 Å². The van der Waals surface area contributed by atoms with Crippen LogP contribution in [0.15, 0.2) is 0 Å². The summed E-state index contributed by atoms with van der Waals surface area (Å²) in [5.41, 5.74) is 5.50. The molecule has 0 radical (unpaired) electrons. The molecule has 0 saturated carbocycles. The molecule has 3 amide bonds. The van der Waals surface area contributed by atoms with E-state index in [2.05, 4.69) is 28.6 Å². The number of nitrogens with two attached hydrogens (primary N) is 1. The fourth-order valence-corrected chi connectivity index (χ4v) is 2.00. The van der Waals surface area contributed by atoms with Crippen molar-refractivity contribution in [2.75, 3.05) is 5.75 Å². The number of carbonyl (C=O) groups excluding carboxylic acids is 3. The van der Waals surface area contributed by atoms with Gasteiger partial charge < -0.3 is 26.8 Å². The first-order valence-corrected chi connectivity index (χ1v) is 8.68. The van der Waals surface area contributed by atoms with Crippen LogP contribution in [-0.2, 0) is 19.2 Å². The van der Waals surface area contributed by atoms with E-state index in [1.165, 1.54) is 13.8 Å². The van der Waals surface area contributed by atoms with Gasteiger partial charge in [0.05, 0.1) is 6.04 Å². The molecule has 0 aliphatic carbocycles. The number of amides is 3. The third-order valence-corrected chi connectivity index (χ3v) is 4.21. The highest BCUT2D eigenvalue weighted by Gasteiger charge is 2.28. The van der Waals surface area contributed by atoms with Crippen molar-refractivity contribution < 1.29 is 24.3 Å². The number of rotatable bonds is 10. The van der Waals surface area contributed by atoms with Crippen molar-refractivity contribution in [3.8, 4) is 0 Å². The summed E-state index contributed by atoms with van der Waals surface area (Å²) in [7, 11) is 0. The van der Waals surface area contributed by atoms with E-state index >= 15 is 0 Å². The van der Waals surface area contributed by atoms with Crippen LogP contribution in [0.4, 0.5) is 0 Å². The van der Waals surface area contributed by atoms with Crippen molar-refractivity contribution in [2.45, 2.75) is 58.3 Å². The third kappa shape index (κ3) is 7.74. The van der Waals surface area contributed by atoms with E-state index in [0.29, 0.717) is 6.42 Å². The van der Waals surface area contributed by atoms with Crippen LogP contribution in [0.5, 0.6) is 0 Å². The van der Waals surface area contributed by atoms with Crippen LogP contribution in [-0.4, -0.2) is 58.7 Å². The lowest BCUT2D eigenvalue weighted by Crippen LogP contribution is -2.56. The van der Waals surface area contributed by atoms with Crippen molar-refractivity contribution in [2.24, 2.45) is 11.7 Å². The summed E-state index contributed by atoms with van der Waals surface area (Å²) in [5.74, 6) is -3.00. The Hall–Kier alpha value is -1.81. The molecule has 10 heteroatoms. The molecule has 25 heavy (non-hydrogen) atoms. The molecule has 0 heterocycles. The molecule has 5 atom stereocenters. The third-order valence-electron chi connectivity index (χ3n) is 3.81. The zero-order valence-corrected chi connectivity index (χ0v) is 15.8. The highest BCUT2D eigenvalue weighted by atomic mass is 32.1. The lowest BCUT2D eigenvalue weighted by molar-refractivity contribution is -0.143. The molecule has 0 aromatic rings. The van der Waals surface area contributed by atoms with Crippen LogP contribution in [0.25, 0.3) is 0 Å². The summed E-state index contributed by atoms with van der Waals surface area (Å²) in [6, 6.07) is -3.75. The number of hydrogen-bond acceptors (Lipinski definition) is 6. The maximum atomic E-state index is 12.1. The van der Waals surface area contributed by atoms with E-state index in [0.717, 1.165) is 0 Å². The largest absolute Gasteiger partial charge is 0.480 e. The summed E-state index contributed by atoms with van der Waals surface area (Å²) in [6.07, 6.45) is 0.576. The molecule has 9 nitrogen and oxygen atoms in total. The van der Waals surface area contributed by atoms with Gasteiger partial charge in [-0.3, -0.25) is 14.4 Å². The van der Waals surface area contributed by atoms with Gasteiger partial charge in [0.2, 0.25) is 17.7 Å². The van der Waals surface area contributed by atoms with E-state index in [-0.39, 0.29) is 11.7 Å². The number of carboxylic acids is 1. The van der Waals surface area contributed by atoms with Crippen LogP contribution in [0.3, 0.4) is 0 Å². The molecule has 144 valence electrons. The minimum Gasteiger partial charge on any atom is -0.480 e. The van der Waals surface area contributed by atoms with Crippen LogP contribution in [0.2, 0.25) is 0 Å². The Morgan fingerprint density at radius 3 is 1.80 bits per heavy atom. The molecule has 0 bridgehead atoms. The molecule has 0 aromatic carbocycles. The number of carbonyl (C=O) groups is 4. The Morgan fingerprint density at radius 2 is 1.40 bits per heavy atom. The fraction of sp³-hybridized carbons (Fsp3) is 0.733. The second kappa shape index (κ2) is 10.9. The summed E-state index contributed by atoms with van der Waals surface area (Å²) in [4.78, 5) is 47.0. The normalized spacial score (nSPS) is 16.7. The molecular formula is C15H28N4O5S. The van der Waals surface area contributed by atoms with Crippen LogP contribution >= 0.6 is 12.6 Å². The van der Waals surface area contributed by atoms with Gasteiger partial charge in [-0.2, -0.15) is 12.6 Å². The first kappa shape index (κ1) is 23.2. The number of aliphatic carboxylic acids is 1. The van der Waals surface area contributed by atoms with Crippen LogP contribution < -0.4 is 21.7 Å². The predicted molar refractivity (Wildman–Crippen MR) is 96.1 cm³/mol. The smallest absolute Gasteiger partial charge is 0.326 e. The molecule has 6 N–H and O–H groups in total. The van der Waals surface area contributed by atoms with E-state index in [1.807, 2.05) is 6.92 Å². The number of hydrogen-bond donors (Lipinski definition) is 6. The molecule has 5 unspecified atom stereocenters. The molecule has 0 saturated heterocycles. The van der Waals surface area contributed by atoms with Crippen molar-refractivity contribution in [3.05, 3.63) is 0 Å². The average molecular weight is 376 g/mol. The van der Waals surface area contributed by atoms with Gasteiger partial charge in [0, 0.05) is 5.75 Å². The Morgan fingerprint density at radius 1 is 0.960 bits per heavy atom. The Labute approximate surface area is 152 Å². The lowest BCUT2D eigenvalue weighted by Gasteiger charge is -2.23. The maximum absolute atomic E-state index is 12.1. The average Bonchev–Trinajstić information content (AvgIpc) is 2.56. The molecule has 0 spiro atoms. The number of carboxylic acid groups (broad SMARTS) is 1. The molecule has 0 fully saturated rings. The van der Waals surface area contributed by atoms with Crippen LogP contribution in [0.1, 0.15) is 34.1 Å². The summed E-state index contributed by atoms with van der Waals surface area (Å²) >= 11 is 3.90. The van der Waals surface area contributed by atoms with E-state index in [9.17, 15) is 24.3 Å². The minimum atomic E-state index is -1.14. The van der Waals surface area contributed by atoms with Crippen molar-refractivity contribution in [3.63, 3.8) is 0 Å². The molecule has 0 rings (SSSR count). The Kier molecular flexibility index (Phi) is 10.1. The SMILES string of the molecule is CCC(C)C(NC(=O)C(C)NC(=O)C(C)NC(=O)C(N)CS)C(=O)O. The topological polar surface area (TPSA) is 151 Å². The van der Waals surface area contributed by atoms with Gasteiger partial charge >= 0.3 is 5.97 Å². The quantitative estimate of drug-likeness (QED) is 0.266. The van der Waals surface area contributed by atoms with E-state index in [4.69, 9.17) is 5.73 Å². The summed E-state index contributed by atoms with van der Waals surface area (Å²) < 4.78 is 0. The first-order valence-electron chi connectivity index (χ1n) is 8.05. The van der Waals surface area contributed by atoms with Gasteiger partial charge in [0.1, 0.15) is 18.1 Å². The summed E-state index contributed by atoms with van der Waals surface area (Å²) in [5, 5.41) is 16.4. The monoisotopic (exact) mass is 376 g/mol. The van der Waals surface area contributed by atoms with E-state index < -0.39 is 47.9 Å². The zero-order valence-electron chi connectivity index (χ0n) is 14.9. The van der Waals surface area contributed by atoms with Gasteiger partial charge in [0.15, 0.2) is 0 Å². The Bertz CT molecular complexity index is 502. The highest BCUT2D eigenvalue weighted by Crippen LogP contribution is 2.08. The summed E-state index contributed by atoms with van der Waals surface area (Å²) in [6.45, 7) is 6.40. The highest BCUT2D eigenvalue weighted by molar-refractivity contribution is 7.80. The van der Waals surface area contributed by atoms with E-state index in [1.54, 1.807) is 6.92 Å². The standard InChI is InChI=1S/C15H28N4O5S/c1-5-7(2)11(15(23)24)19-13(21)9(4)17-12(20)8(3)18-14(22)10(16)6-25/h7-11,25H,5-6,16H2,1-4H3,(H,17,20)(H,18,22)(H,19,21)(H,23,24). The minimum absolute atomic E-state index is 0.130. The molecule has 0 aliphatic heterocycles. The lowest BCUT2D eigenvalue weighted by atomic mass is 9.99. The van der Waals surface area contributed by atoms with Crippen molar-refractivity contribution in [1.29, 1.82) is 0 Å². The van der Waals surface area contributed by atoms with Gasteiger partial charge in [0.25, 0.3) is 0 Å². The van der Waals surface area contributed by atoms with Crippen molar-refractivity contribution in [1.82, 2.24) is 16.0 Å². The fourth-order valence-electron chi connectivity index (χ4n) is 1.83. The maximum Gasteiger partial charge on any atom is 0.326 e. The molecule has 0 aromatic heterocycles. The predicted octanol–water partition coefficient (Wildman–Crippen LogP) is -1.13. The molecule has 0 aliphatic rings. The second-order valence-corrected chi connectivity index (χ2v) is 6.32. The molecular weight excluding hydrogens is 348 g/mol. The number of nitrogens with one attached hydrogen (secondary N) is 3. The van der Waals surface area contributed by atoms with Gasteiger partial charge in [-0.05, 0) is 19.8 Å². The van der Waals surface area contributed by atoms with Crippen molar-refractivity contribution >= 4 is 36.3 Å². The Balaban J connectivity index is 4.67. The first-order chi connectivity index (χ1) is 11.5. The van der Waals surface area contributed by atoms with Gasteiger partial charge in [-0.25, -0.2) is 4.79 Å². The zero-order chi connectivity index (χ0) is 19.7. The second-order valence-electron chi connectivity index (χ2n) is 5.96.